The summed E-state index contributed by atoms with van der Waals surface area (Å²) in [5, 5.41) is 8.77. The third-order valence-corrected chi connectivity index (χ3v) is 9.93. The van der Waals surface area contributed by atoms with Gasteiger partial charge in [-0.3, -0.25) is 4.55 Å². The van der Waals surface area contributed by atoms with Gasteiger partial charge in [0.25, 0.3) is 10.1 Å². The van der Waals surface area contributed by atoms with Crippen molar-refractivity contribution >= 4 is 87.5 Å². The number of hydrogen-bond acceptors (Lipinski definition) is 8. The smallest absolute Gasteiger partial charge is 0.264 e. The third kappa shape index (κ3) is 6.52. The zero-order valence-electron chi connectivity index (χ0n) is 21.1. The molecule has 6 aromatic rings. The van der Waals surface area contributed by atoms with Crippen LogP contribution in [-0.4, -0.2) is 34.2 Å². The molecule has 2 aromatic heterocycles. The summed E-state index contributed by atoms with van der Waals surface area (Å²) in [6.45, 7) is 0. The second-order valence-electron chi connectivity index (χ2n) is 8.88. The first-order chi connectivity index (χ1) is 18.9. The van der Waals surface area contributed by atoms with E-state index in [1.165, 1.54) is 15.3 Å². The molecular weight excluding hydrogens is 583 g/mol. The fourth-order valence-electron chi connectivity index (χ4n) is 4.29. The van der Waals surface area contributed by atoms with Gasteiger partial charge in [-0.2, -0.15) is 8.42 Å². The molecule has 0 unspecified atom stereocenters. The molecule has 0 amide bonds. The number of fused-ring (bicyclic) bond motifs is 5. The van der Waals surface area contributed by atoms with Gasteiger partial charge >= 0.3 is 0 Å². The molecule has 0 saturated heterocycles. The molecule has 7 nitrogen and oxygen atoms in total. The van der Waals surface area contributed by atoms with Crippen molar-refractivity contribution in [3.05, 3.63) is 100.0 Å². The zero-order chi connectivity index (χ0) is 26.8. The molecule has 0 saturated carbocycles. The van der Waals surface area contributed by atoms with E-state index in [1.807, 2.05) is 42.5 Å². The van der Waals surface area contributed by atoms with Crippen molar-refractivity contribution in [2.75, 3.05) is 11.1 Å². The van der Waals surface area contributed by atoms with Crippen molar-refractivity contribution in [2.24, 2.45) is 0 Å². The van der Waals surface area contributed by atoms with Crippen LogP contribution in [0.4, 0.5) is 5.69 Å². The van der Waals surface area contributed by atoms with Crippen molar-refractivity contribution in [2.45, 2.75) is 17.7 Å². The summed E-state index contributed by atoms with van der Waals surface area (Å²) in [7, 11) is -3.88. The Kier molecular flexibility index (Phi) is 8.50. The Morgan fingerprint density at radius 3 is 2.45 bits per heavy atom. The lowest BCUT2D eigenvalue weighted by atomic mass is 10.1. The van der Waals surface area contributed by atoms with E-state index in [2.05, 4.69) is 63.8 Å². The lowest BCUT2D eigenvalue weighted by Crippen LogP contribution is -2.04. The van der Waals surface area contributed by atoms with E-state index in [1.54, 1.807) is 34.4 Å². The zero-order valence-corrected chi connectivity index (χ0v) is 24.3. The molecule has 0 spiro atoms. The van der Waals surface area contributed by atoms with Gasteiger partial charge in [0.2, 0.25) is 0 Å². The normalized spacial score (nSPS) is 13.6. The van der Waals surface area contributed by atoms with Crippen molar-refractivity contribution in [3.8, 4) is 0 Å². The maximum absolute atomic E-state index is 10.7. The molecule has 3 heterocycles. The molecule has 0 radical (unpaired) electrons. The van der Waals surface area contributed by atoms with Crippen LogP contribution >= 0.6 is 34.4 Å². The minimum Gasteiger partial charge on any atom is -0.412 e. The first-order valence-corrected chi connectivity index (χ1v) is 16.3. The molecule has 204 valence electrons. The predicted molar refractivity (Wildman–Crippen MR) is 169 cm³/mol. The first kappa shape index (κ1) is 28.2. The SMILES string of the molecule is C(=C1Nc2ccccc2S1)c1nc2ccccc2s1.O.O=S(=O)(O)CCCc1nc2c(ccc3ccccc32)s1. The van der Waals surface area contributed by atoms with Crippen LogP contribution in [0.5, 0.6) is 0 Å². The van der Waals surface area contributed by atoms with Gasteiger partial charge in [0.1, 0.15) is 5.01 Å². The Balaban J connectivity index is 0.000000157. The standard InChI is InChI=1S/C15H10N2S2.C14H13NO3S2.H2O/c1-3-7-12-10(5-1)16-14(18-12)9-15-17-11-6-2-4-8-13(11)19-15;16-20(17,18)9-3-6-13-15-14-11-5-2-1-4-10(11)7-8-12(14)19-13;/h1-9,16H;1-2,4-5,7-8H,3,6,9H2,(H,16,17,18);1H2. The number of thiazole rings is 2. The number of benzene rings is 4. The fraction of sp³-hybridized carbons (Fsp3) is 0.103. The van der Waals surface area contributed by atoms with Crippen LogP contribution in [-0.2, 0) is 16.5 Å². The molecule has 1 aliphatic rings. The topological polar surface area (TPSA) is 124 Å². The van der Waals surface area contributed by atoms with Crippen LogP contribution in [0.1, 0.15) is 16.4 Å². The average Bonchev–Trinajstić information content (AvgIpc) is 3.64. The van der Waals surface area contributed by atoms with E-state index >= 15 is 0 Å². The van der Waals surface area contributed by atoms with Crippen LogP contribution in [0, 0.1) is 0 Å². The maximum atomic E-state index is 10.7. The maximum Gasteiger partial charge on any atom is 0.264 e. The van der Waals surface area contributed by atoms with Crippen LogP contribution in [0.25, 0.3) is 37.3 Å². The summed E-state index contributed by atoms with van der Waals surface area (Å²) in [6.07, 6.45) is 3.07. The highest BCUT2D eigenvalue weighted by atomic mass is 32.2. The number of hydrogen-bond donors (Lipinski definition) is 2. The van der Waals surface area contributed by atoms with Crippen LogP contribution in [0.2, 0.25) is 0 Å². The number of nitrogens with one attached hydrogen (secondary N) is 1. The van der Waals surface area contributed by atoms with Gasteiger partial charge in [0.15, 0.2) is 0 Å². The minimum absolute atomic E-state index is 0. The molecule has 7 rings (SSSR count). The Labute approximate surface area is 243 Å². The number of anilines is 1. The molecule has 0 aliphatic carbocycles. The summed E-state index contributed by atoms with van der Waals surface area (Å²) in [5.41, 5.74) is 3.22. The van der Waals surface area contributed by atoms with Crippen molar-refractivity contribution in [1.82, 2.24) is 9.97 Å². The Bertz CT molecular complexity index is 1890. The van der Waals surface area contributed by atoms with Crippen LogP contribution in [0.3, 0.4) is 0 Å². The van der Waals surface area contributed by atoms with Crippen LogP contribution in [0.15, 0.2) is 94.9 Å². The Morgan fingerprint density at radius 2 is 1.62 bits per heavy atom. The van der Waals surface area contributed by atoms with Gasteiger partial charge in [-0.05, 0) is 42.1 Å². The minimum atomic E-state index is -3.88. The molecule has 0 atom stereocenters. The number of aromatic nitrogens is 2. The average molecular weight is 608 g/mol. The molecule has 40 heavy (non-hydrogen) atoms. The number of aryl methyl sites for hydroxylation is 1. The largest absolute Gasteiger partial charge is 0.412 e. The lowest BCUT2D eigenvalue weighted by molar-refractivity contribution is 0.481. The molecule has 0 fully saturated rings. The quantitative estimate of drug-likeness (QED) is 0.198. The highest BCUT2D eigenvalue weighted by Gasteiger charge is 2.15. The van der Waals surface area contributed by atoms with Gasteiger partial charge in [-0.25, -0.2) is 9.97 Å². The number of nitrogens with zero attached hydrogens (tertiary/aromatic N) is 2. The number of thioether (sulfide) groups is 1. The summed E-state index contributed by atoms with van der Waals surface area (Å²) in [6, 6.07) is 28.8. The monoisotopic (exact) mass is 607 g/mol. The van der Waals surface area contributed by atoms with Gasteiger partial charge in [-0.1, -0.05) is 66.4 Å². The molecule has 11 heteroatoms. The van der Waals surface area contributed by atoms with E-state index in [4.69, 9.17) is 4.55 Å². The Hall–Kier alpha value is -3.32. The van der Waals surface area contributed by atoms with E-state index < -0.39 is 10.1 Å². The van der Waals surface area contributed by atoms with E-state index in [0.29, 0.717) is 12.8 Å². The second-order valence-corrected chi connectivity index (χ2v) is 13.7. The lowest BCUT2D eigenvalue weighted by Gasteiger charge is -1.96. The fourth-order valence-corrected chi connectivity index (χ4v) is 7.75. The predicted octanol–water partition coefficient (Wildman–Crippen LogP) is 7.26. The van der Waals surface area contributed by atoms with Gasteiger partial charge in [0.05, 0.1) is 41.9 Å². The second kappa shape index (κ2) is 12.0. The highest BCUT2D eigenvalue weighted by Crippen LogP contribution is 2.41. The van der Waals surface area contributed by atoms with E-state index in [-0.39, 0.29) is 11.2 Å². The third-order valence-electron chi connectivity index (χ3n) is 6.05. The van der Waals surface area contributed by atoms with E-state index in [0.717, 1.165) is 41.6 Å². The van der Waals surface area contributed by atoms with Crippen LogP contribution < -0.4 is 5.32 Å². The summed E-state index contributed by atoms with van der Waals surface area (Å²) < 4.78 is 32.5. The summed E-state index contributed by atoms with van der Waals surface area (Å²) in [4.78, 5) is 10.5. The summed E-state index contributed by atoms with van der Waals surface area (Å²) in [5.74, 6) is -0.219. The Morgan fingerprint density at radius 1 is 0.850 bits per heavy atom. The highest BCUT2D eigenvalue weighted by molar-refractivity contribution is 8.03. The molecule has 1 aliphatic heterocycles. The van der Waals surface area contributed by atoms with Crippen molar-refractivity contribution in [3.63, 3.8) is 0 Å². The van der Waals surface area contributed by atoms with Gasteiger partial charge in [-0.15, -0.1) is 22.7 Å². The molecule has 4 aromatic carbocycles. The number of para-hydroxylation sites is 2. The summed E-state index contributed by atoms with van der Waals surface area (Å²) >= 11 is 5.05. The van der Waals surface area contributed by atoms with E-state index in [9.17, 15) is 8.42 Å². The van der Waals surface area contributed by atoms with Crippen molar-refractivity contribution < 1.29 is 18.4 Å². The van der Waals surface area contributed by atoms with Gasteiger partial charge < -0.3 is 10.8 Å². The molecule has 4 N–H and O–H groups in total. The first-order valence-electron chi connectivity index (χ1n) is 12.2. The van der Waals surface area contributed by atoms with Crippen molar-refractivity contribution in [1.29, 1.82) is 0 Å². The number of rotatable bonds is 5. The molecular formula is C29H25N3O4S4. The molecule has 0 bridgehead atoms. The van der Waals surface area contributed by atoms with Gasteiger partial charge in [0, 0.05) is 22.8 Å².